The summed E-state index contributed by atoms with van der Waals surface area (Å²) in [6, 6.07) is 18.4. The van der Waals surface area contributed by atoms with Gasteiger partial charge >= 0.3 is 0 Å². The third-order valence-corrected chi connectivity index (χ3v) is 5.33. The van der Waals surface area contributed by atoms with Crippen LogP contribution in [0.1, 0.15) is 12.5 Å². The maximum atomic E-state index is 12.2. The van der Waals surface area contributed by atoms with Crippen LogP contribution >= 0.6 is 11.6 Å². The number of nitrogens with one attached hydrogen (secondary N) is 1. The third-order valence-electron chi connectivity index (χ3n) is 4.96. The summed E-state index contributed by atoms with van der Waals surface area (Å²) in [7, 11) is 0. The van der Waals surface area contributed by atoms with Gasteiger partial charge in [0, 0.05) is 49.5 Å². The maximum absolute atomic E-state index is 12.2. The number of para-hydroxylation sites is 1. The molecule has 1 amide bonds. The molecule has 0 aromatic heterocycles. The summed E-state index contributed by atoms with van der Waals surface area (Å²) < 4.78 is 0. The minimum atomic E-state index is 0.0212. The monoisotopic (exact) mass is 371 g/mol. The molecular formula is C21H26ClN3O. The number of halogens is 1. The van der Waals surface area contributed by atoms with Crippen molar-refractivity contribution in [2.45, 2.75) is 19.4 Å². The van der Waals surface area contributed by atoms with E-state index in [4.69, 9.17) is 11.6 Å². The van der Waals surface area contributed by atoms with Crippen molar-refractivity contribution in [3.63, 3.8) is 0 Å². The van der Waals surface area contributed by atoms with Gasteiger partial charge < -0.3 is 10.2 Å². The van der Waals surface area contributed by atoms with Crippen LogP contribution in [0.25, 0.3) is 0 Å². The molecule has 1 fully saturated rings. The van der Waals surface area contributed by atoms with Crippen molar-refractivity contribution in [1.29, 1.82) is 0 Å². The molecule has 26 heavy (non-hydrogen) atoms. The van der Waals surface area contributed by atoms with Crippen LogP contribution in [0.2, 0.25) is 5.02 Å². The van der Waals surface area contributed by atoms with Crippen molar-refractivity contribution in [3.05, 3.63) is 65.2 Å². The Hall–Kier alpha value is -2.04. The molecule has 0 saturated carbocycles. The molecule has 1 atom stereocenters. The molecule has 1 N–H and O–H groups in total. The van der Waals surface area contributed by atoms with Crippen molar-refractivity contribution >= 4 is 23.2 Å². The molecular weight excluding hydrogens is 346 g/mol. The number of carbonyl (C=O) groups is 1. The highest BCUT2D eigenvalue weighted by Gasteiger charge is 2.21. The van der Waals surface area contributed by atoms with Crippen molar-refractivity contribution in [3.8, 4) is 0 Å². The second kappa shape index (κ2) is 9.06. The largest absolute Gasteiger partial charge is 0.369 e. The van der Waals surface area contributed by atoms with E-state index in [9.17, 15) is 4.79 Å². The number of piperazine rings is 1. The fourth-order valence-corrected chi connectivity index (χ4v) is 3.53. The smallest absolute Gasteiger partial charge is 0.224 e. The Morgan fingerprint density at radius 3 is 2.38 bits per heavy atom. The number of benzene rings is 2. The van der Waals surface area contributed by atoms with Crippen LogP contribution in [0, 0.1) is 0 Å². The first-order valence-electron chi connectivity index (χ1n) is 9.17. The van der Waals surface area contributed by atoms with E-state index in [0.29, 0.717) is 24.0 Å². The Labute approximate surface area is 160 Å². The van der Waals surface area contributed by atoms with Crippen molar-refractivity contribution in [2.24, 2.45) is 0 Å². The summed E-state index contributed by atoms with van der Waals surface area (Å²) in [4.78, 5) is 17.0. The zero-order valence-corrected chi connectivity index (χ0v) is 16.0. The summed E-state index contributed by atoms with van der Waals surface area (Å²) >= 11 is 6.12. The van der Waals surface area contributed by atoms with Gasteiger partial charge in [-0.2, -0.15) is 0 Å². The average Bonchev–Trinajstić information content (AvgIpc) is 2.69. The van der Waals surface area contributed by atoms with E-state index in [1.807, 2.05) is 30.3 Å². The minimum absolute atomic E-state index is 0.0212. The Kier molecular flexibility index (Phi) is 6.53. The van der Waals surface area contributed by atoms with Crippen LogP contribution in [-0.2, 0) is 11.2 Å². The molecule has 3 rings (SSSR count). The summed E-state index contributed by atoms with van der Waals surface area (Å²) in [6.07, 6.45) is 0.328. The fraction of sp³-hybridized carbons (Fsp3) is 0.381. The molecule has 2 aromatic carbocycles. The summed E-state index contributed by atoms with van der Waals surface area (Å²) in [5.74, 6) is 0.0212. The molecule has 5 heteroatoms. The lowest BCUT2D eigenvalue weighted by molar-refractivity contribution is -0.120. The zero-order chi connectivity index (χ0) is 18.4. The Balaban J connectivity index is 1.42. The Morgan fingerprint density at radius 2 is 1.69 bits per heavy atom. The number of anilines is 1. The van der Waals surface area contributed by atoms with E-state index in [-0.39, 0.29) is 5.91 Å². The maximum Gasteiger partial charge on any atom is 0.224 e. The highest BCUT2D eigenvalue weighted by Crippen LogP contribution is 2.17. The minimum Gasteiger partial charge on any atom is -0.369 e. The quantitative estimate of drug-likeness (QED) is 0.846. The number of nitrogens with zero attached hydrogens (tertiary/aromatic N) is 2. The van der Waals surface area contributed by atoms with Crippen LogP contribution in [0.15, 0.2) is 54.6 Å². The van der Waals surface area contributed by atoms with Gasteiger partial charge in [-0.05, 0) is 30.7 Å². The molecule has 138 valence electrons. The molecule has 0 bridgehead atoms. The van der Waals surface area contributed by atoms with Gasteiger partial charge in [-0.15, -0.1) is 0 Å². The molecule has 1 aliphatic heterocycles. The molecule has 1 unspecified atom stereocenters. The van der Waals surface area contributed by atoms with Gasteiger partial charge in [-0.1, -0.05) is 48.0 Å². The first kappa shape index (κ1) is 18.7. The molecule has 1 aliphatic rings. The molecule has 0 radical (unpaired) electrons. The summed E-state index contributed by atoms with van der Waals surface area (Å²) in [5.41, 5.74) is 2.16. The number of amides is 1. The Bertz CT molecular complexity index is 714. The number of rotatable bonds is 6. The van der Waals surface area contributed by atoms with E-state index in [1.165, 1.54) is 5.69 Å². The summed E-state index contributed by atoms with van der Waals surface area (Å²) in [6.45, 7) is 6.89. The highest BCUT2D eigenvalue weighted by molar-refractivity contribution is 6.31. The van der Waals surface area contributed by atoms with Crippen molar-refractivity contribution in [2.75, 3.05) is 37.6 Å². The topological polar surface area (TPSA) is 35.6 Å². The van der Waals surface area contributed by atoms with Gasteiger partial charge in [-0.3, -0.25) is 9.69 Å². The van der Waals surface area contributed by atoms with E-state index in [2.05, 4.69) is 46.3 Å². The van der Waals surface area contributed by atoms with Gasteiger partial charge in [-0.25, -0.2) is 0 Å². The SMILES string of the molecule is CC(CNC(=O)Cc1ccccc1Cl)N1CCN(c2ccccc2)CC1. The lowest BCUT2D eigenvalue weighted by Crippen LogP contribution is -2.52. The lowest BCUT2D eigenvalue weighted by atomic mass is 10.1. The molecule has 1 saturated heterocycles. The first-order chi connectivity index (χ1) is 12.6. The normalized spacial score (nSPS) is 16.3. The molecule has 2 aromatic rings. The van der Waals surface area contributed by atoms with Crippen LogP contribution < -0.4 is 10.2 Å². The number of hydrogen-bond acceptors (Lipinski definition) is 3. The lowest BCUT2D eigenvalue weighted by Gasteiger charge is -2.39. The van der Waals surface area contributed by atoms with E-state index >= 15 is 0 Å². The third kappa shape index (κ3) is 4.99. The average molecular weight is 372 g/mol. The van der Waals surface area contributed by atoms with Gasteiger partial charge in [0.2, 0.25) is 5.91 Å². The summed E-state index contributed by atoms with van der Waals surface area (Å²) in [5, 5.41) is 3.69. The van der Waals surface area contributed by atoms with Gasteiger partial charge in [0.05, 0.1) is 6.42 Å². The van der Waals surface area contributed by atoms with Gasteiger partial charge in [0.25, 0.3) is 0 Å². The van der Waals surface area contributed by atoms with Crippen LogP contribution in [0.4, 0.5) is 5.69 Å². The van der Waals surface area contributed by atoms with Crippen LogP contribution in [0.3, 0.4) is 0 Å². The second-order valence-corrected chi connectivity index (χ2v) is 7.19. The van der Waals surface area contributed by atoms with Crippen LogP contribution in [0.5, 0.6) is 0 Å². The van der Waals surface area contributed by atoms with Gasteiger partial charge in [0.15, 0.2) is 0 Å². The molecule has 1 heterocycles. The van der Waals surface area contributed by atoms with E-state index in [1.54, 1.807) is 0 Å². The van der Waals surface area contributed by atoms with E-state index < -0.39 is 0 Å². The second-order valence-electron chi connectivity index (χ2n) is 6.78. The first-order valence-corrected chi connectivity index (χ1v) is 9.55. The standard InChI is InChI=1S/C21H26ClN3O/c1-17(16-23-21(26)15-18-7-5-6-10-20(18)22)24-11-13-25(14-12-24)19-8-3-2-4-9-19/h2-10,17H,11-16H2,1H3,(H,23,26). The van der Waals surface area contributed by atoms with Crippen molar-refractivity contribution < 1.29 is 4.79 Å². The molecule has 0 spiro atoms. The van der Waals surface area contributed by atoms with Crippen molar-refractivity contribution in [1.82, 2.24) is 10.2 Å². The Morgan fingerprint density at radius 1 is 1.04 bits per heavy atom. The van der Waals surface area contributed by atoms with Gasteiger partial charge in [0.1, 0.15) is 0 Å². The zero-order valence-electron chi connectivity index (χ0n) is 15.2. The van der Waals surface area contributed by atoms with E-state index in [0.717, 1.165) is 31.7 Å². The molecule has 4 nitrogen and oxygen atoms in total. The molecule has 0 aliphatic carbocycles. The number of carbonyl (C=O) groups excluding carboxylic acids is 1. The predicted molar refractivity (Wildman–Crippen MR) is 108 cm³/mol. The fourth-order valence-electron chi connectivity index (χ4n) is 3.33. The highest BCUT2D eigenvalue weighted by atomic mass is 35.5. The number of hydrogen-bond donors (Lipinski definition) is 1. The van der Waals surface area contributed by atoms with Crippen LogP contribution in [-0.4, -0.2) is 49.6 Å². The predicted octanol–water partition coefficient (Wildman–Crippen LogP) is 3.21.